The van der Waals surface area contributed by atoms with E-state index in [0.717, 1.165) is 0 Å². The van der Waals surface area contributed by atoms with Crippen LogP contribution in [0.1, 0.15) is 48.5 Å². The Morgan fingerprint density at radius 3 is 2.80 bits per heavy atom. The van der Waals surface area contributed by atoms with Crippen LogP contribution in [0.3, 0.4) is 0 Å². The molecule has 2 heterocycles. The Kier molecular flexibility index (Phi) is 4.49. The second-order valence-corrected chi connectivity index (χ2v) is 8.69. The lowest BCUT2D eigenvalue weighted by atomic mass is 10.1. The Bertz CT molecular complexity index is 1020. The van der Waals surface area contributed by atoms with Crippen molar-refractivity contribution in [1.29, 1.82) is 0 Å². The van der Waals surface area contributed by atoms with E-state index in [-0.39, 0.29) is 17.1 Å². The fraction of sp³-hybridized carbons (Fsp3) is 0.435. The highest BCUT2D eigenvalue weighted by Gasteiger charge is 2.38. The summed E-state index contributed by atoms with van der Waals surface area (Å²) in [5.74, 6) is 0.269. The zero-order valence-corrected chi connectivity index (χ0v) is 16.8. The van der Waals surface area contributed by atoms with Crippen molar-refractivity contribution in [3.63, 3.8) is 0 Å². The lowest BCUT2D eigenvalue weighted by molar-refractivity contribution is -0.122. The molecule has 0 N–H and O–H groups in total. The summed E-state index contributed by atoms with van der Waals surface area (Å²) in [6, 6.07) is 6.44. The van der Waals surface area contributed by atoms with E-state index in [2.05, 4.69) is 11.9 Å². The number of amides is 1. The largest absolute Gasteiger partial charge is 0.479 e. The lowest BCUT2D eigenvalue weighted by Crippen LogP contribution is -2.32. The van der Waals surface area contributed by atoms with Crippen LogP contribution < -0.4 is 14.4 Å². The monoisotopic (exact) mass is 410 g/mol. The van der Waals surface area contributed by atoms with Crippen LogP contribution in [0.25, 0.3) is 0 Å². The number of rotatable bonds is 6. The summed E-state index contributed by atoms with van der Waals surface area (Å²) in [4.78, 5) is 30.6. The highest BCUT2D eigenvalue weighted by Crippen LogP contribution is 2.45. The topological polar surface area (TPSA) is 68.7 Å². The molecule has 3 aliphatic rings. The minimum Gasteiger partial charge on any atom is -0.479 e. The normalized spacial score (nSPS) is 21.7. The molecule has 7 heteroatoms. The molecule has 2 fully saturated rings. The number of carbonyl (C=O) groups excluding carboxylic acids is 2. The van der Waals surface area contributed by atoms with Gasteiger partial charge in [-0.3, -0.25) is 9.59 Å². The number of pyridine rings is 1. The van der Waals surface area contributed by atoms with Gasteiger partial charge in [-0.25, -0.2) is 9.37 Å². The molecular formula is C23H23FN2O4. The van der Waals surface area contributed by atoms with Gasteiger partial charge in [0.25, 0.3) is 5.91 Å². The number of hydrogen-bond acceptors (Lipinski definition) is 5. The Morgan fingerprint density at radius 1 is 1.23 bits per heavy atom. The molecule has 1 amide bonds. The number of benzene rings is 1. The Hall–Kier alpha value is -2.96. The summed E-state index contributed by atoms with van der Waals surface area (Å²) in [6.45, 7) is 3.24. The number of anilines is 1. The summed E-state index contributed by atoms with van der Waals surface area (Å²) in [5, 5.41) is 0. The van der Waals surface area contributed by atoms with Gasteiger partial charge in [0.1, 0.15) is 11.6 Å². The van der Waals surface area contributed by atoms with Crippen LogP contribution in [-0.2, 0) is 11.2 Å². The molecule has 1 saturated carbocycles. The van der Waals surface area contributed by atoms with Gasteiger partial charge >= 0.3 is 0 Å². The van der Waals surface area contributed by atoms with E-state index >= 15 is 0 Å². The molecule has 5 rings (SSSR count). The number of ether oxygens (including phenoxy) is 2. The lowest BCUT2D eigenvalue weighted by Gasteiger charge is -2.18. The van der Waals surface area contributed by atoms with E-state index in [1.165, 1.54) is 23.8 Å². The first-order valence-electron chi connectivity index (χ1n) is 10.3. The summed E-state index contributed by atoms with van der Waals surface area (Å²) in [5.41, 5.74) is 1.53. The molecule has 1 saturated heterocycles. The number of fused-ring (bicyclic) bond motifs is 1. The van der Waals surface area contributed by atoms with Crippen LogP contribution in [0, 0.1) is 11.2 Å². The van der Waals surface area contributed by atoms with Crippen LogP contribution >= 0.6 is 0 Å². The second-order valence-electron chi connectivity index (χ2n) is 8.69. The van der Waals surface area contributed by atoms with Gasteiger partial charge in [0.2, 0.25) is 5.88 Å². The van der Waals surface area contributed by atoms with Crippen molar-refractivity contribution in [1.82, 2.24) is 4.98 Å². The number of halogens is 1. The summed E-state index contributed by atoms with van der Waals surface area (Å²) in [6.07, 6.45) is 4.45. The van der Waals surface area contributed by atoms with Crippen LogP contribution in [0.2, 0.25) is 0 Å². The molecule has 0 unspecified atom stereocenters. The van der Waals surface area contributed by atoms with Gasteiger partial charge in [0, 0.05) is 42.1 Å². The Balaban J connectivity index is 1.25. The molecular weight excluding hydrogens is 387 g/mol. The van der Waals surface area contributed by atoms with E-state index in [1.54, 1.807) is 24.4 Å². The van der Waals surface area contributed by atoms with Crippen molar-refractivity contribution < 1.29 is 23.5 Å². The molecule has 2 aliphatic carbocycles. The van der Waals surface area contributed by atoms with Gasteiger partial charge in [-0.2, -0.15) is 0 Å². The molecule has 2 aromatic rings. The molecule has 1 atom stereocenters. The molecule has 6 nitrogen and oxygen atoms in total. The molecule has 0 spiro atoms. The quantitative estimate of drug-likeness (QED) is 0.726. The third kappa shape index (κ3) is 3.53. The Morgan fingerprint density at radius 2 is 2.07 bits per heavy atom. The van der Waals surface area contributed by atoms with Crippen molar-refractivity contribution in [3.05, 3.63) is 47.4 Å². The average molecular weight is 410 g/mol. The Labute approximate surface area is 174 Å². The standard InChI is InChI=1S/C23H23FN2O4/c1-23(7-8-23)13-29-21-5-2-15(12-25-21)30-20-6-9-26(22(20)28)14-10-17-16(18(24)11-14)3-4-19(17)27/h2,5,10-12,20H,3-4,6-9,13H2,1H3/t20-/m1/s1. The molecule has 1 aromatic heterocycles. The van der Waals surface area contributed by atoms with Crippen molar-refractivity contribution in [3.8, 4) is 11.6 Å². The molecule has 0 bridgehead atoms. The first kappa shape index (κ1) is 19.0. The van der Waals surface area contributed by atoms with Gasteiger partial charge in [-0.1, -0.05) is 6.92 Å². The molecule has 1 aromatic carbocycles. The van der Waals surface area contributed by atoms with Gasteiger partial charge in [0.05, 0.1) is 12.8 Å². The molecule has 0 radical (unpaired) electrons. The van der Waals surface area contributed by atoms with Gasteiger partial charge in [0.15, 0.2) is 11.9 Å². The zero-order chi connectivity index (χ0) is 20.9. The SMILES string of the molecule is CC1(COc2ccc(O[C@@H]3CCN(c4cc(F)c5c(c4)C(=O)CC5)C3=O)cn2)CC1. The maximum absolute atomic E-state index is 14.4. The zero-order valence-electron chi connectivity index (χ0n) is 16.8. The first-order valence-corrected chi connectivity index (χ1v) is 10.3. The maximum Gasteiger partial charge on any atom is 0.268 e. The summed E-state index contributed by atoms with van der Waals surface area (Å²) >= 11 is 0. The van der Waals surface area contributed by atoms with E-state index in [0.29, 0.717) is 60.9 Å². The van der Waals surface area contributed by atoms with Crippen LogP contribution in [0.5, 0.6) is 11.6 Å². The fourth-order valence-corrected chi connectivity index (χ4v) is 3.97. The number of Topliss-reactive ketones (excluding diaryl/α,β-unsaturated/α-hetero) is 1. The first-order chi connectivity index (χ1) is 14.4. The van der Waals surface area contributed by atoms with Crippen LogP contribution in [-0.4, -0.2) is 35.9 Å². The molecule has 1 aliphatic heterocycles. The van der Waals surface area contributed by atoms with Gasteiger partial charge < -0.3 is 14.4 Å². The molecule has 30 heavy (non-hydrogen) atoms. The highest BCUT2D eigenvalue weighted by atomic mass is 19.1. The van der Waals surface area contributed by atoms with E-state index < -0.39 is 11.9 Å². The fourth-order valence-electron chi connectivity index (χ4n) is 3.97. The predicted molar refractivity (Wildman–Crippen MR) is 108 cm³/mol. The number of aromatic nitrogens is 1. The number of ketones is 1. The van der Waals surface area contributed by atoms with Gasteiger partial charge in [-0.15, -0.1) is 0 Å². The average Bonchev–Trinajstić information content (AvgIpc) is 3.20. The summed E-state index contributed by atoms with van der Waals surface area (Å²) < 4.78 is 25.9. The van der Waals surface area contributed by atoms with E-state index in [1.807, 2.05) is 0 Å². The maximum atomic E-state index is 14.4. The second kappa shape index (κ2) is 7.07. The minimum absolute atomic E-state index is 0.0748. The third-order valence-electron chi connectivity index (χ3n) is 6.21. The van der Waals surface area contributed by atoms with Crippen molar-refractivity contribution in [2.24, 2.45) is 5.41 Å². The smallest absolute Gasteiger partial charge is 0.268 e. The van der Waals surface area contributed by atoms with Gasteiger partial charge in [-0.05, 0) is 43.0 Å². The number of nitrogens with zero attached hydrogens (tertiary/aromatic N) is 2. The number of carbonyl (C=O) groups is 2. The molecule has 156 valence electrons. The van der Waals surface area contributed by atoms with Crippen molar-refractivity contribution in [2.75, 3.05) is 18.1 Å². The summed E-state index contributed by atoms with van der Waals surface area (Å²) in [7, 11) is 0. The highest BCUT2D eigenvalue weighted by molar-refractivity contribution is 6.04. The van der Waals surface area contributed by atoms with Crippen LogP contribution in [0.4, 0.5) is 10.1 Å². The van der Waals surface area contributed by atoms with E-state index in [4.69, 9.17) is 9.47 Å². The van der Waals surface area contributed by atoms with Crippen molar-refractivity contribution >= 4 is 17.4 Å². The van der Waals surface area contributed by atoms with E-state index in [9.17, 15) is 14.0 Å². The van der Waals surface area contributed by atoms with Crippen molar-refractivity contribution in [2.45, 2.75) is 45.1 Å². The minimum atomic E-state index is -0.670. The predicted octanol–water partition coefficient (Wildman–Crippen LogP) is 3.71. The number of hydrogen-bond donors (Lipinski definition) is 0. The van der Waals surface area contributed by atoms with Crippen LogP contribution in [0.15, 0.2) is 30.5 Å². The third-order valence-corrected chi connectivity index (χ3v) is 6.21.